The highest BCUT2D eigenvalue weighted by Gasteiger charge is 2.12. The van der Waals surface area contributed by atoms with Crippen molar-refractivity contribution >= 4 is 28.7 Å². The van der Waals surface area contributed by atoms with Crippen molar-refractivity contribution < 1.29 is 9.53 Å². The molecule has 0 atom stereocenters. The van der Waals surface area contributed by atoms with Crippen LogP contribution in [0.4, 0.5) is 11.6 Å². The topological polar surface area (TPSA) is 125 Å². The van der Waals surface area contributed by atoms with Gasteiger partial charge in [0.25, 0.3) is 5.91 Å². The molecule has 0 aliphatic carbocycles. The molecule has 2 N–H and O–H groups in total. The molecule has 0 saturated heterocycles. The van der Waals surface area contributed by atoms with Crippen LogP contribution < -0.4 is 15.4 Å². The number of benzene rings is 1. The lowest BCUT2D eigenvalue weighted by atomic mass is 10.3. The largest absolute Gasteiger partial charge is 0.484 e. The van der Waals surface area contributed by atoms with Crippen molar-refractivity contribution in [2.24, 2.45) is 0 Å². The molecule has 6 rings (SSSR count). The zero-order valence-corrected chi connectivity index (χ0v) is 15.3. The number of nitrogens with zero attached hydrogens (tertiary/aromatic N) is 7. The van der Waals surface area contributed by atoms with Gasteiger partial charge in [0.05, 0.1) is 23.8 Å². The second kappa shape index (κ2) is 7.19. The summed E-state index contributed by atoms with van der Waals surface area (Å²) in [7, 11) is 0. The number of carbonyl (C=O) groups is 1. The molecule has 146 valence electrons. The van der Waals surface area contributed by atoms with E-state index in [-0.39, 0.29) is 12.5 Å². The van der Waals surface area contributed by atoms with Crippen molar-refractivity contribution in [1.29, 1.82) is 0 Å². The monoisotopic (exact) mass is 391 g/mol. The van der Waals surface area contributed by atoms with Gasteiger partial charge in [-0.25, -0.2) is 4.98 Å². The minimum atomic E-state index is -0.167. The number of amides is 1. The Labute approximate surface area is 164 Å². The van der Waals surface area contributed by atoms with Crippen LogP contribution in [0.15, 0.2) is 42.9 Å². The second-order valence-electron chi connectivity index (χ2n) is 6.51. The first kappa shape index (κ1) is 17.1. The number of ether oxygens (including phenoxy) is 1. The molecular weight excluding hydrogens is 374 g/mol. The van der Waals surface area contributed by atoms with E-state index in [1.54, 1.807) is 33.9 Å². The first-order valence-electron chi connectivity index (χ1n) is 9.12. The van der Waals surface area contributed by atoms with Crippen LogP contribution in [0.2, 0.25) is 0 Å². The highest BCUT2D eigenvalue weighted by Crippen LogP contribution is 2.20. The summed E-state index contributed by atoms with van der Waals surface area (Å²) in [6, 6.07) is 7.21. The third-order valence-electron chi connectivity index (χ3n) is 4.42. The summed E-state index contributed by atoms with van der Waals surface area (Å²) < 4.78 is 8.96. The summed E-state index contributed by atoms with van der Waals surface area (Å²) in [5.74, 6) is 0.844. The molecule has 0 fully saturated rings. The molecular formula is C18H17N9O2. The Bertz CT molecular complexity index is 1170. The van der Waals surface area contributed by atoms with Crippen molar-refractivity contribution in [2.75, 3.05) is 18.5 Å². The van der Waals surface area contributed by atoms with Crippen LogP contribution in [0.5, 0.6) is 5.75 Å². The first-order valence-corrected chi connectivity index (χ1v) is 9.12. The van der Waals surface area contributed by atoms with E-state index in [1.807, 2.05) is 18.3 Å². The van der Waals surface area contributed by atoms with Crippen molar-refractivity contribution in [1.82, 2.24) is 40.1 Å². The zero-order chi connectivity index (χ0) is 19.6. The number of hydrogen-bond donors (Lipinski definition) is 2. The van der Waals surface area contributed by atoms with Gasteiger partial charge in [0, 0.05) is 19.3 Å². The maximum atomic E-state index is 11.9. The number of hydrogen-bond acceptors (Lipinski definition) is 8. The Balaban J connectivity index is 1.52. The van der Waals surface area contributed by atoms with Crippen LogP contribution in [0.3, 0.4) is 0 Å². The predicted octanol–water partition coefficient (Wildman–Crippen LogP) is 1.05. The molecule has 3 aromatic heterocycles. The van der Waals surface area contributed by atoms with Gasteiger partial charge < -0.3 is 15.4 Å². The highest BCUT2D eigenvalue weighted by molar-refractivity contribution is 5.77. The van der Waals surface area contributed by atoms with Crippen LogP contribution in [0.25, 0.3) is 16.9 Å². The van der Waals surface area contributed by atoms with Crippen molar-refractivity contribution in [3.63, 3.8) is 0 Å². The molecule has 0 radical (unpaired) electrons. The molecule has 5 heterocycles. The van der Waals surface area contributed by atoms with Gasteiger partial charge in [0.2, 0.25) is 5.95 Å². The number of rotatable bonds is 0. The summed E-state index contributed by atoms with van der Waals surface area (Å²) in [6.45, 7) is 1.16. The number of anilines is 2. The molecule has 0 saturated carbocycles. The summed E-state index contributed by atoms with van der Waals surface area (Å²) in [4.78, 5) is 20.8. The fourth-order valence-corrected chi connectivity index (χ4v) is 2.99. The van der Waals surface area contributed by atoms with E-state index in [1.165, 1.54) is 0 Å². The standard InChI is InChI=1S/C18H17N9O2/c28-16-11-29-14-4-2-13(3-5-14)27-17-15(24-25-27)9-20-18(23-17)22-12-8-21-26(10-12)7-1-6-19-16/h2-5,8-10H,1,6-7,11H2,(H,19,28)(H,20,22,23). The maximum absolute atomic E-state index is 11.9. The van der Waals surface area contributed by atoms with Crippen molar-refractivity contribution in [3.8, 4) is 11.4 Å². The van der Waals surface area contributed by atoms with Gasteiger partial charge >= 0.3 is 0 Å². The number of nitrogens with one attached hydrogen (secondary N) is 2. The normalized spacial score (nSPS) is 14.6. The Morgan fingerprint density at radius 2 is 2.03 bits per heavy atom. The van der Waals surface area contributed by atoms with Crippen LogP contribution in [-0.2, 0) is 11.3 Å². The SMILES string of the molecule is O=C1COc2ccc(cc2)-n2nnc3cnc(nc32)Nc2cnn(c2)CCCN1. The van der Waals surface area contributed by atoms with E-state index in [0.717, 1.165) is 17.8 Å². The third-order valence-corrected chi connectivity index (χ3v) is 4.42. The average Bonchev–Trinajstić information content (AvgIpc) is 3.36. The summed E-state index contributed by atoms with van der Waals surface area (Å²) in [5.41, 5.74) is 2.68. The molecule has 1 amide bonds. The molecule has 11 heteroatoms. The van der Waals surface area contributed by atoms with E-state index in [9.17, 15) is 4.79 Å². The Morgan fingerprint density at radius 1 is 1.14 bits per heavy atom. The van der Waals surface area contributed by atoms with Gasteiger partial charge in [-0.3, -0.25) is 9.48 Å². The van der Waals surface area contributed by atoms with E-state index < -0.39 is 0 Å². The summed E-state index contributed by atoms with van der Waals surface area (Å²) in [5, 5.41) is 18.6. The number of fused-ring (bicyclic) bond motifs is 8. The van der Waals surface area contributed by atoms with Crippen LogP contribution in [0, 0.1) is 0 Å². The molecule has 2 aliphatic heterocycles. The highest BCUT2D eigenvalue weighted by atomic mass is 16.5. The lowest BCUT2D eigenvalue weighted by Crippen LogP contribution is -2.30. The van der Waals surface area contributed by atoms with Gasteiger partial charge in [-0.1, -0.05) is 5.21 Å². The fourth-order valence-electron chi connectivity index (χ4n) is 2.99. The van der Waals surface area contributed by atoms with Crippen LogP contribution >= 0.6 is 0 Å². The average molecular weight is 391 g/mol. The first-order chi connectivity index (χ1) is 14.2. The van der Waals surface area contributed by atoms with E-state index >= 15 is 0 Å². The lowest BCUT2D eigenvalue weighted by Gasteiger charge is -2.08. The van der Waals surface area contributed by atoms with Crippen LogP contribution in [-0.4, -0.2) is 53.8 Å². The van der Waals surface area contributed by atoms with Gasteiger partial charge in [0.1, 0.15) is 5.75 Å². The molecule has 0 unspecified atom stereocenters. The van der Waals surface area contributed by atoms with Gasteiger partial charge in [0.15, 0.2) is 17.8 Å². The van der Waals surface area contributed by atoms with Gasteiger partial charge in [-0.05, 0) is 30.7 Å². The summed E-state index contributed by atoms with van der Waals surface area (Å²) in [6.07, 6.45) is 5.93. The molecule has 2 aliphatic rings. The molecule has 1 aromatic carbocycles. The van der Waals surface area contributed by atoms with Crippen LogP contribution in [0.1, 0.15) is 6.42 Å². The Hall–Kier alpha value is -4.02. The Kier molecular flexibility index (Phi) is 4.24. The maximum Gasteiger partial charge on any atom is 0.257 e. The van der Waals surface area contributed by atoms with Crippen molar-refractivity contribution in [2.45, 2.75) is 13.0 Å². The minimum absolute atomic E-state index is 0.0436. The van der Waals surface area contributed by atoms with Gasteiger partial charge in [-0.2, -0.15) is 14.8 Å². The smallest absolute Gasteiger partial charge is 0.257 e. The number of carbonyl (C=O) groups excluding carboxylic acids is 1. The number of aryl methyl sites for hydroxylation is 1. The summed E-state index contributed by atoms with van der Waals surface area (Å²) >= 11 is 0. The molecule has 0 spiro atoms. The van der Waals surface area contributed by atoms with E-state index in [0.29, 0.717) is 36.0 Å². The lowest BCUT2D eigenvalue weighted by molar-refractivity contribution is -0.123. The molecule has 11 nitrogen and oxygen atoms in total. The van der Waals surface area contributed by atoms with E-state index in [2.05, 4.69) is 36.0 Å². The zero-order valence-electron chi connectivity index (χ0n) is 15.3. The third kappa shape index (κ3) is 3.57. The van der Waals surface area contributed by atoms with Gasteiger partial charge in [-0.15, -0.1) is 5.10 Å². The molecule has 4 aromatic rings. The Morgan fingerprint density at radius 3 is 2.93 bits per heavy atom. The van der Waals surface area contributed by atoms with Crippen molar-refractivity contribution in [3.05, 3.63) is 42.9 Å². The molecule has 6 bridgehead atoms. The number of aromatic nitrogens is 7. The fraction of sp³-hybridized carbons (Fsp3) is 0.222. The minimum Gasteiger partial charge on any atom is -0.484 e. The quantitative estimate of drug-likeness (QED) is 0.456. The van der Waals surface area contributed by atoms with E-state index in [4.69, 9.17) is 4.74 Å². The predicted molar refractivity (Wildman–Crippen MR) is 103 cm³/mol. The second-order valence-corrected chi connectivity index (χ2v) is 6.51. The molecule has 29 heavy (non-hydrogen) atoms.